The van der Waals surface area contributed by atoms with Crippen LogP contribution in [0.1, 0.15) is 87.0 Å². The molecule has 0 radical (unpaired) electrons. The van der Waals surface area contributed by atoms with Gasteiger partial charge in [0.2, 0.25) is 11.8 Å². The van der Waals surface area contributed by atoms with E-state index >= 15 is 0 Å². The maximum atomic E-state index is 12.8. The fourth-order valence-electron chi connectivity index (χ4n) is 4.11. The smallest absolute Gasteiger partial charge is 0.226 e. The Hall–Kier alpha value is -1.43. The highest BCUT2D eigenvalue weighted by Crippen LogP contribution is 2.34. The maximum absolute atomic E-state index is 12.8. The van der Waals surface area contributed by atoms with Crippen molar-refractivity contribution >= 4 is 17.6 Å². The van der Waals surface area contributed by atoms with Gasteiger partial charge in [0.25, 0.3) is 0 Å². The van der Waals surface area contributed by atoms with E-state index in [1.165, 1.54) is 26.2 Å². The number of ketones is 1. The van der Waals surface area contributed by atoms with Crippen LogP contribution in [0.5, 0.6) is 0 Å². The third-order valence-electron chi connectivity index (χ3n) is 5.69. The summed E-state index contributed by atoms with van der Waals surface area (Å²) >= 11 is 0. The van der Waals surface area contributed by atoms with Crippen LogP contribution in [-0.2, 0) is 14.4 Å². The van der Waals surface area contributed by atoms with Crippen molar-refractivity contribution in [2.45, 2.75) is 98.6 Å². The number of hydrogen-bond acceptors (Lipinski definition) is 4. The van der Waals surface area contributed by atoms with Gasteiger partial charge in [-0.15, -0.1) is 0 Å². The first-order chi connectivity index (χ1) is 12.6. The zero-order valence-corrected chi connectivity index (χ0v) is 17.8. The van der Waals surface area contributed by atoms with Gasteiger partial charge in [-0.05, 0) is 45.4 Å². The summed E-state index contributed by atoms with van der Waals surface area (Å²) in [5.74, 6) is 0.746. The number of hydrogen-bond donors (Lipinski definition) is 2. The van der Waals surface area contributed by atoms with Crippen LogP contribution >= 0.6 is 0 Å². The van der Waals surface area contributed by atoms with Gasteiger partial charge in [0, 0.05) is 31.5 Å². The minimum Gasteiger partial charge on any atom is -0.356 e. The lowest BCUT2D eigenvalue weighted by atomic mass is 9.80. The van der Waals surface area contributed by atoms with E-state index < -0.39 is 5.54 Å². The molecule has 6 heteroatoms. The summed E-state index contributed by atoms with van der Waals surface area (Å²) in [4.78, 5) is 36.4. The molecule has 0 bridgehead atoms. The molecule has 6 nitrogen and oxygen atoms in total. The lowest BCUT2D eigenvalue weighted by Gasteiger charge is -2.32. The van der Waals surface area contributed by atoms with Gasteiger partial charge in [0.1, 0.15) is 0 Å². The molecule has 2 rings (SSSR count). The third-order valence-corrected chi connectivity index (χ3v) is 5.69. The Morgan fingerprint density at radius 2 is 1.75 bits per heavy atom. The number of carbonyl (C=O) groups excluding carboxylic acids is 3. The van der Waals surface area contributed by atoms with Crippen molar-refractivity contribution in [2.24, 2.45) is 17.6 Å². The first-order valence-electron chi connectivity index (χ1n) is 10.4. The molecule has 1 aliphatic heterocycles. The minimum absolute atomic E-state index is 0. The Morgan fingerprint density at radius 3 is 2.18 bits per heavy atom. The van der Waals surface area contributed by atoms with E-state index in [9.17, 15) is 14.4 Å². The Labute approximate surface area is 172 Å². The molecule has 28 heavy (non-hydrogen) atoms. The average molecular weight is 398 g/mol. The van der Waals surface area contributed by atoms with E-state index in [1.54, 1.807) is 11.8 Å². The third kappa shape index (κ3) is 8.29. The van der Waals surface area contributed by atoms with E-state index in [1.807, 2.05) is 20.8 Å². The fourth-order valence-corrected chi connectivity index (χ4v) is 4.11. The number of likely N-dealkylation sites (tertiary alicyclic amines) is 1. The van der Waals surface area contributed by atoms with Crippen molar-refractivity contribution in [3.05, 3.63) is 0 Å². The lowest BCUT2D eigenvalue weighted by Crippen LogP contribution is -2.45. The summed E-state index contributed by atoms with van der Waals surface area (Å²) in [6.45, 7) is 10.4. The van der Waals surface area contributed by atoms with Crippen LogP contribution in [0.15, 0.2) is 0 Å². The summed E-state index contributed by atoms with van der Waals surface area (Å²) in [6.07, 6.45) is 7.64. The van der Waals surface area contributed by atoms with Gasteiger partial charge in [0.15, 0.2) is 5.78 Å². The molecule has 0 spiro atoms. The molecule has 164 valence electrons. The molecule has 2 amide bonds. The molecule has 3 unspecified atom stereocenters. The molecule has 3 N–H and O–H groups in total. The highest BCUT2D eigenvalue weighted by molar-refractivity contribution is 5.89. The quantitative estimate of drug-likeness (QED) is 0.744. The largest absolute Gasteiger partial charge is 0.356 e. The van der Waals surface area contributed by atoms with Crippen LogP contribution in [0.25, 0.3) is 0 Å². The molecule has 3 atom stereocenters. The summed E-state index contributed by atoms with van der Waals surface area (Å²) in [5.41, 5.74) is 5.73. The van der Waals surface area contributed by atoms with Crippen LogP contribution in [0.3, 0.4) is 0 Å². The molecule has 1 saturated carbocycles. The van der Waals surface area contributed by atoms with Gasteiger partial charge in [-0.2, -0.15) is 0 Å². The zero-order valence-electron chi connectivity index (χ0n) is 17.8. The maximum Gasteiger partial charge on any atom is 0.226 e. The van der Waals surface area contributed by atoms with Gasteiger partial charge in [-0.3, -0.25) is 14.4 Å². The second kappa shape index (κ2) is 12.2. The van der Waals surface area contributed by atoms with Crippen molar-refractivity contribution in [2.75, 3.05) is 13.1 Å². The Balaban J connectivity index is 0.000000786. The van der Waals surface area contributed by atoms with E-state index in [0.717, 1.165) is 25.8 Å². The molecular weight excluding hydrogens is 354 g/mol. The van der Waals surface area contributed by atoms with E-state index in [4.69, 9.17) is 5.73 Å². The molecule has 0 aromatic rings. The van der Waals surface area contributed by atoms with Crippen molar-refractivity contribution in [3.8, 4) is 0 Å². The van der Waals surface area contributed by atoms with Gasteiger partial charge in [-0.25, -0.2) is 0 Å². The molecule has 2 fully saturated rings. The second-order valence-corrected chi connectivity index (χ2v) is 8.62. The summed E-state index contributed by atoms with van der Waals surface area (Å²) in [6, 6.07) is -0.316. The average Bonchev–Trinajstić information content (AvgIpc) is 2.96. The summed E-state index contributed by atoms with van der Waals surface area (Å²) in [7, 11) is 0. The lowest BCUT2D eigenvalue weighted by molar-refractivity contribution is -0.141. The van der Waals surface area contributed by atoms with Crippen LogP contribution in [0.4, 0.5) is 0 Å². The van der Waals surface area contributed by atoms with Crippen LogP contribution in [0.2, 0.25) is 0 Å². The van der Waals surface area contributed by atoms with Crippen LogP contribution in [0, 0.1) is 11.8 Å². The molecule has 1 saturated heterocycles. The first-order valence-corrected chi connectivity index (χ1v) is 10.4. The number of nitrogens with one attached hydrogen (secondary N) is 1. The molecule has 0 aromatic carbocycles. The van der Waals surface area contributed by atoms with Crippen molar-refractivity contribution in [1.29, 1.82) is 0 Å². The number of amides is 2. The van der Waals surface area contributed by atoms with Gasteiger partial charge >= 0.3 is 0 Å². The molecular formula is C22H43N3O3. The molecule has 1 heterocycles. The SMILES string of the molecule is C.CC(=O)C1CC(C)(N)CN1C(=O)C(C)C1CCCCC1.CCCNC(C)=O. The van der Waals surface area contributed by atoms with E-state index in [0.29, 0.717) is 18.9 Å². The number of Topliss-reactive ketones (excluding diaryl/α,β-unsaturated/α-hetero) is 1. The first kappa shape index (κ1) is 26.6. The normalized spacial score (nSPS) is 25.8. The number of rotatable bonds is 5. The van der Waals surface area contributed by atoms with Crippen molar-refractivity contribution in [1.82, 2.24) is 10.2 Å². The van der Waals surface area contributed by atoms with E-state index in [-0.39, 0.29) is 37.0 Å². The van der Waals surface area contributed by atoms with Gasteiger partial charge in [0.05, 0.1) is 6.04 Å². The molecule has 1 aliphatic carbocycles. The summed E-state index contributed by atoms with van der Waals surface area (Å²) < 4.78 is 0. The van der Waals surface area contributed by atoms with E-state index in [2.05, 4.69) is 5.32 Å². The summed E-state index contributed by atoms with van der Waals surface area (Å²) in [5, 5.41) is 2.66. The van der Waals surface area contributed by atoms with Gasteiger partial charge < -0.3 is 16.0 Å². The topological polar surface area (TPSA) is 92.5 Å². The number of nitrogens with zero attached hydrogens (tertiary/aromatic N) is 1. The fraction of sp³-hybridized carbons (Fsp3) is 0.864. The zero-order chi connectivity index (χ0) is 20.6. The predicted molar refractivity (Wildman–Crippen MR) is 115 cm³/mol. The second-order valence-electron chi connectivity index (χ2n) is 8.62. The minimum atomic E-state index is -0.432. The standard InChI is InChI=1S/C16H28N2O2.C5H11NO.CH4/c1-11(13-7-5-4-6-8-13)15(20)18-10-16(3,17)9-14(18)12(2)19;1-3-4-6-5(2)7;/h11,13-14H,4-10,17H2,1-3H3;3-4H2,1-2H3,(H,6,7);1H4. The van der Waals surface area contributed by atoms with Gasteiger partial charge in [-0.1, -0.05) is 40.5 Å². The monoisotopic (exact) mass is 397 g/mol. The highest BCUT2D eigenvalue weighted by atomic mass is 16.2. The Bertz CT molecular complexity index is 513. The number of carbonyl (C=O) groups is 3. The van der Waals surface area contributed by atoms with Crippen LogP contribution in [-0.4, -0.2) is 47.2 Å². The predicted octanol–water partition coefficient (Wildman–Crippen LogP) is 3.28. The molecule has 0 aromatic heterocycles. The van der Waals surface area contributed by atoms with Crippen molar-refractivity contribution < 1.29 is 14.4 Å². The van der Waals surface area contributed by atoms with Crippen molar-refractivity contribution in [3.63, 3.8) is 0 Å². The Morgan fingerprint density at radius 1 is 1.18 bits per heavy atom. The molecule has 2 aliphatic rings. The Kier molecular flexibility index (Phi) is 11.6. The highest BCUT2D eigenvalue weighted by Gasteiger charge is 2.44. The van der Waals surface area contributed by atoms with Crippen LogP contribution < -0.4 is 11.1 Å². The number of nitrogens with two attached hydrogens (primary N) is 1.